The number of rotatable bonds is 11. The van der Waals surface area contributed by atoms with Crippen molar-refractivity contribution in [1.82, 2.24) is 31.2 Å². The van der Waals surface area contributed by atoms with Crippen LogP contribution >= 0.6 is 0 Å². The first-order valence-electron chi connectivity index (χ1n) is 20.4. The fourth-order valence-corrected chi connectivity index (χ4v) is 7.33. The number of hydrogen-bond acceptors (Lipinski definition) is 10. The van der Waals surface area contributed by atoms with Crippen molar-refractivity contribution in [2.24, 2.45) is 11.8 Å². The molecule has 17 nitrogen and oxygen atoms in total. The molecule has 5 amide bonds. The number of aliphatic hydroxyl groups excluding tert-OH is 1. The van der Waals surface area contributed by atoms with Gasteiger partial charge in [0.2, 0.25) is 29.5 Å². The van der Waals surface area contributed by atoms with Crippen LogP contribution in [0.5, 0.6) is 5.75 Å². The van der Waals surface area contributed by atoms with Gasteiger partial charge in [0.25, 0.3) is 0 Å². The van der Waals surface area contributed by atoms with Crippen molar-refractivity contribution >= 4 is 52.4 Å². The molecule has 0 aliphatic carbocycles. The van der Waals surface area contributed by atoms with Crippen molar-refractivity contribution in [3.8, 4) is 5.75 Å². The van der Waals surface area contributed by atoms with Gasteiger partial charge in [-0.05, 0) is 42.5 Å². The van der Waals surface area contributed by atoms with E-state index in [-0.39, 0.29) is 17.5 Å². The number of likely N-dealkylation sites (N-methyl/N-ethyl adjacent to an activating group) is 1. The zero-order chi connectivity index (χ0) is 45.2. The van der Waals surface area contributed by atoms with Crippen LogP contribution in [0.1, 0.15) is 69.4 Å². The molecule has 1 aliphatic rings. The third-order valence-corrected chi connectivity index (χ3v) is 11.2. The number of nitrogens with one attached hydrogen (secondary N) is 5. The topological polar surface area (TPSA) is 246 Å². The third-order valence-electron chi connectivity index (χ3n) is 11.2. The number of para-hydroxylation sites is 1. The van der Waals surface area contributed by atoms with E-state index >= 15 is 0 Å². The van der Waals surface area contributed by atoms with Gasteiger partial charge in [-0.3, -0.25) is 33.6 Å². The third kappa shape index (κ3) is 10.8. The number of hydrogen-bond donors (Lipinski definition) is 7. The Bertz CT molecular complexity index is 2250. The number of carbonyl (C=O) groups is 7. The predicted molar refractivity (Wildman–Crippen MR) is 226 cm³/mol. The number of H-pyrrole nitrogens is 1. The first kappa shape index (κ1) is 46.3. The van der Waals surface area contributed by atoms with Crippen LogP contribution in [-0.4, -0.2) is 106 Å². The summed E-state index contributed by atoms with van der Waals surface area (Å²) in [5, 5.41) is 33.0. The number of amides is 5. The lowest BCUT2D eigenvalue weighted by Gasteiger charge is -2.36. The number of carboxylic acids is 1. The van der Waals surface area contributed by atoms with Gasteiger partial charge in [-0.15, -0.1) is 0 Å². The summed E-state index contributed by atoms with van der Waals surface area (Å²) in [6, 6.07) is 14.4. The minimum absolute atomic E-state index is 0.0779. The molecule has 62 heavy (non-hydrogen) atoms. The zero-order valence-corrected chi connectivity index (χ0v) is 35.4. The minimum atomic E-state index is -1.78. The van der Waals surface area contributed by atoms with Gasteiger partial charge in [0.1, 0.15) is 41.9 Å². The molecular formula is C45H54N6O11. The van der Waals surface area contributed by atoms with Crippen LogP contribution in [0.3, 0.4) is 0 Å². The largest absolute Gasteiger partial charge is 0.495 e. The van der Waals surface area contributed by atoms with Crippen LogP contribution < -0.4 is 26.0 Å². The number of aromatic amines is 1. The van der Waals surface area contributed by atoms with E-state index in [9.17, 15) is 43.8 Å². The number of aliphatic hydroxyl groups is 1. The summed E-state index contributed by atoms with van der Waals surface area (Å²) in [5.41, 5.74) is 1.80. The molecule has 17 heteroatoms. The first-order chi connectivity index (χ1) is 29.6. The Morgan fingerprint density at radius 1 is 0.903 bits per heavy atom. The van der Waals surface area contributed by atoms with E-state index in [0.717, 1.165) is 11.8 Å². The number of carboxylic acid groups (broad SMARTS) is 1. The SMILES string of the molecule is CC[C@H](C)[C@@H]1NC(=O)[C@@H](NC(=O)[C@@H](C)C(=O)O)[C@@H](c2ccccc2)OC(=O)C[C@H](C)NC(=O)[C@@H](Cc2c[nH]c3c(OC)cccc23)NC(=O)[C@H]([C@@H](O)c2ccccc2)N(C)C1=O. The van der Waals surface area contributed by atoms with Gasteiger partial charge in [-0.2, -0.15) is 0 Å². The van der Waals surface area contributed by atoms with Gasteiger partial charge in [-0.25, -0.2) is 0 Å². The Labute approximate surface area is 358 Å². The molecule has 9 atom stereocenters. The summed E-state index contributed by atoms with van der Waals surface area (Å²) >= 11 is 0. The van der Waals surface area contributed by atoms with Gasteiger partial charge in [0, 0.05) is 31.1 Å². The van der Waals surface area contributed by atoms with Gasteiger partial charge in [-0.1, -0.05) is 93.1 Å². The van der Waals surface area contributed by atoms with Crippen LogP contribution in [0.4, 0.5) is 0 Å². The van der Waals surface area contributed by atoms with E-state index in [1.807, 2.05) is 6.07 Å². The molecule has 3 aromatic carbocycles. The highest BCUT2D eigenvalue weighted by Gasteiger charge is 2.43. The van der Waals surface area contributed by atoms with E-state index in [4.69, 9.17) is 9.47 Å². The maximum absolute atomic E-state index is 14.8. The number of methoxy groups -OCH3 is 1. The lowest BCUT2D eigenvalue weighted by Crippen LogP contribution is -2.62. The molecule has 1 fully saturated rings. The molecule has 0 unspecified atom stereocenters. The second kappa shape index (κ2) is 20.7. The molecule has 0 saturated carbocycles. The van der Waals surface area contributed by atoms with Crippen molar-refractivity contribution in [3.05, 3.63) is 102 Å². The van der Waals surface area contributed by atoms with E-state index in [0.29, 0.717) is 28.6 Å². The Morgan fingerprint density at radius 2 is 1.56 bits per heavy atom. The molecule has 4 aromatic rings. The van der Waals surface area contributed by atoms with Crippen molar-refractivity contribution in [2.75, 3.05) is 14.2 Å². The number of fused-ring (bicyclic) bond motifs is 1. The average molecular weight is 855 g/mol. The molecule has 1 aromatic heterocycles. The summed E-state index contributed by atoms with van der Waals surface area (Å²) in [7, 11) is 2.81. The lowest BCUT2D eigenvalue weighted by molar-refractivity contribution is -0.157. The van der Waals surface area contributed by atoms with Gasteiger partial charge < -0.3 is 50.8 Å². The highest BCUT2D eigenvalue weighted by Crippen LogP contribution is 2.29. The van der Waals surface area contributed by atoms with Crippen molar-refractivity contribution in [1.29, 1.82) is 0 Å². The molecule has 330 valence electrons. The Balaban J connectivity index is 1.65. The Hall–Kier alpha value is -6.75. The normalized spacial score (nSPS) is 23.5. The summed E-state index contributed by atoms with van der Waals surface area (Å²) in [5.74, 6) is -8.61. The van der Waals surface area contributed by atoms with Gasteiger partial charge >= 0.3 is 11.9 Å². The van der Waals surface area contributed by atoms with Crippen LogP contribution in [0.2, 0.25) is 0 Å². The van der Waals surface area contributed by atoms with E-state index in [1.54, 1.807) is 92.8 Å². The van der Waals surface area contributed by atoms with Gasteiger partial charge in [0.15, 0.2) is 6.10 Å². The molecule has 1 saturated heterocycles. The number of benzene rings is 3. The molecule has 7 N–H and O–H groups in total. The Kier molecular flexibility index (Phi) is 15.4. The molecule has 1 aliphatic heterocycles. The lowest BCUT2D eigenvalue weighted by atomic mass is 9.93. The average Bonchev–Trinajstić information content (AvgIpc) is 3.68. The summed E-state index contributed by atoms with van der Waals surface area (Å²) in [4.78, 5) is 102. The van der Waals surface area contributed by atoms with Crippen LogP contribution in [0, 0.1) is 11.8 Å². The smallest absolute Gasteiger partial charge is 0.315 e. The van der Waals surface area contributed by atoms with Crippen LogP contribution in [0.25, 0.3) is 10.9 Å². The van der Waals surface area contributed by atoms with Crippen molar-refractivity contribution < 1.29 is 53.2 Å². The van der Waals surface area contributed by atoms with Crippen molar-refractivity contribution in [3.63, 3.8) is 0 Å². The Morgan fingerprint density at radius 3 is 2.19 bits per heavy atom. The molecule has 5 rings (SSSR count). The van der Waals surface area contributed by atoms with Crippen LogP contribution in [0.15, 0.2) is 85.1 Å². The maximum atomic E-state index is 14.8. The summed E-state index contributed by atoms with van der Waals surface area (Å²) in [6.45, 7) is 6.09. The highest BCUT2D eigenvalue weighted by molar-refractivity contribution is 6.00. The quantitative estimate of drug-likeness (QED) is 0.0854. The highest BCUT2D eigenvalue weighted by atomic mass is 16.5. The number of esters is 1. The maximum Gasteiger partial charge on any atom is 0.315 e. The number of aliphatic carboxylic acids is 1. The zero-order valence-electron chi connectivity index (χ0n) is 35.4. The van der Waals surface area contributed by atoms with E-state index < -0.39 is 102 Å². The number of carbonyl (C=O) groups excluding carboxylic acids is 6. The molecule has 0 spiro atoms. The fraction of sp³-hybridized carbons (Fsp3) is 0.400. The van der Waals surface area contributed by atoms with E-state index in [2.05, 4.69) is 26.3 Å². The molecular weight excluding hydrogens is 801 g/mol. The monoisotopic (exact) mass is 854 g/mol. The number of nitrogens with zero attached hydrogens (tertiary/aromatic N) is 1. The minimum Gasteiger partial charge on any atom is -0.495 e. The fourth-order valence-electron chi connectivity index (χ4n) is 7.33. The molecule has 2 heterocycles. The first-order valence-corrected chi connectivity index (χ1v) is 20.4. The summed E-state index contributed by atoms with van der Waals surface area (Å²) in [6.07, 6.45) is -1.72. The summed E-state index contributed by atoms with van der Waals surface area (Å²) < 4.78 is 11.4. The van der Waals surface area contributed by atoms with E-state index in [1.165, 1.54) is 21.1 Å². The van der Waals surface area contributed by atoms with Crippen molar-refractivity contribution in [2.45, 2.75) is 89.4 Å². The number of aromatic nitrogens is 1. The van der Waals surface area contributed by atoms with Gasteiger partial charge in [0.05, 0.1) is 19.0 Å². The number of ether oxygens (including phenoxy) is 2. The number of cyclic esters (lactones) is 1. The second-order valence-electron chi connectivity index (χ2n) is 15.6. The van der Waals surface area contributed by atoms with Crippen LogP contribution in [-0.2, 0) is 44.7 Å². The standard InChI is InChI=1S/C45H54N6O11/c1-7-24(2)34-44(58)51(5)37(38(53)27-15-10-8-11-16-27)43(57)48-31(22-29-23-46-35-30(29)19-14-20-32(35)61-6)41(55)47-25(3)21-33(52)62-39(28-17-12-9-13-18-28)36(42(56)49-34)50-40(54)26(4)45(59)60/h8-20,23-26,31,34,36-39,46,53H,7,21-22H2,1-6H3,(H,47,55)(H,48,57)(H,49,56)(H,50,54)(H,59,60)/t24-,25-,26+,31+,34-,36-,37-,38-,39+/m0/s1. The second-order valence-corrected chi connectivity index (χ2v) is 15.6. The molecule has 0 bridgehead atoms. The molecule has 0 radical (unpaired) electrons. The predicted octanol–water partition coefficient (Wildman–Crippen LogP) is 2.69.